The molecule has 12 atom stereocenters. The number of hydrogen-bond donors (Lipinski definition) is 3. The van der Waals surface area contributed by atoms with E-state index < -0.39 is 0 Å². The summed E-state index contributed by atoms with van der Waals surface area (Å²) in [7, 11) is 0. The van der Waals surface area contributed by atoms with Crippen molar-refractivity contribution in [1.82, 2.24) is 5.32 Å². The number of hydrogen-bond acceptors (Lipinski definition) is 4. The van der Waals surface area contributed by atoms with E-state index in [1.54, 1.807) is 0 Å². The quantitative estimate of drug-likeness (QED) is 0.515. The van der Waals surface area contributed by atoms with Gasteiger partial charge >= 0.3 is 0 Å². The average Bonchev–Trinajstić information content (AvgIpc) is 3.71. The third-order valence-electron chi connectivity index (χ3n) is 14.4. The molecule has 0 amide bonds. The van der Waals surface area contributed by atoms with E-state index in [0.29, 0.717) is 34.5 Å². The molecule has 0 radical (unpaired) electrons. The van der Waals surface area contributed by atoms with Crippen LogP contribution < -0.4 is 5.32 Å². The molecule has 1 heterocycles. The van der Waals surface area contributed by atoms with E-state index in [1.807, 2.05) is 0 Å². The first-order chi connectivity index (χ1) is 16.5. The Morgan fingerprint density at radius 1 is 0.857 bits per heavy atom. The molecule has 1 saturated heterocycles. The summed E-state index contributed by atoms with van der Waals surface area (Å²) in [5.74, 6) is 3.20. The third-order valence-corrected chi connectivity index (χ3v) is 14.4. The number of aliphatic hydroxyl groups excluding tert-OH is 2. The maximum atomic E-state index is 12.2. The Morgan fingerprint density at radius 3 is 2.31 bits per heavy atom. The molecule has 2 spiro atoms. The highest BCUT2D eigenvalue weighted by atomic mass is 16.5. The topological polar surface area (TPSA) is 61.7 Å². The zero-order chi connectivity index (χ0) is 24.6. The lowest BCUT2D eigenvalue weighted by Crippen LogP contribution is -2.59. The lowest BCUT2D eigenvalue weighted by Gasteiger charge is -2.63. The first-order valence-corrected chi connectivity index (χ1v) is 15.2. The van der Waals surface area contributed by atoms with Gasteiger partial charge in [0.05, 0.1) is 24.4 Å². The minimum absolute atomic E-state index is 0.00586. The summed E-state index contributed by atoms with van der Waals surface area (Å²) in [6.45, 7) is 14.3. The number of rotatable bonds is 4. The molecule has 7 aliphatic rings. The minimum atomic E-state index is -0.357. The molecule has 3 N–H and O–H groups in total. The number of aliphatic hydroxyl groups is 2. The highest BCUT2D eigenvalue weighted by Crippen LogP contribution is 2.89. The fourth-order valence-corrected chi connectivity index (χ4v) is 12.3. The van der Waals surface area contributed by atoms with Crippen LogP contribution in [0, 0.1) is 56.7 Å². The Morgan fingerprint density at radius 2 is 1.57 bits per heavy atom. The van der Waals surface area contributed by atoms with Gasteiger partial charge in [-0.1, -0.05) is 34.6 Å². The molecule has 4 nitrogen and oxygen atoms in total. The largest absolute Gasteiger partial charge is 0.393 e. The second kappa shape index (κ2) is 7.27. The smallest absolute Gasteiger partial charge is 0.0880 e. The van der Waals surface area contributed by atoms with E-state index in [4.69, 9.17) is 4.74 Å². The first kappa shape index (κ1) is 23.9. The summed E-state index contributed by atoms with van der Waals surface area (Å²) < 4.78 is 6.85. The van der Waals surface area contributed by atoms with Crippen molar-refractivity contribution in [3.8, 4) is 0 Å². The van der Waals surface area contributed by atoms with Gasteiger partial charge in [0, 0.05) is 12.0 Å². The van der Waals surface area contributed by atoms with Crippen LogP contribution in [0.4, 0.5) is 0 Å². The standard InChI is InChI=1S/C31H51NO3/c1-18-14-20(16-32-15-19-6-7-19)35-25-24(18)28(4)12-13-31-17-30(31)11-10-23(33)27(2,3)21(30)8-9-22(31)29(28,5)26(25)34/h18-26,32-34H,6-17H2,1-5H3/t18-,20-,21?,22?,23+,24+,25+,26+,28-,29-,30-,31+/m1/s1. The van der Waals surface area contributed by atoms with Crippen LogP contribution >= 0.6 is 0 Å². The van der Waals surface area contributed by atoms with Crippen LogP contribution in [0.15, 0.2) is 0 Å². The molecule has 198 valence electrons. The van der Waals surface area contributed by atoms with Crippen LogP contribution in [0.1, 0.15) is 98.8 Å². The molecular formula is C31H51NO3. The zero-order valence-corrected chi connectivity index (χ0v) is 23.0. The van der Waals surface area contributed by atoms with Crippen molar-refractivity contribution in [1.29, 1.82) is 0 Å². The SMILES string of the molecule is C[C@@H]1C[C@H](CNCC2CC2)O[C@H]2[C@H]1[C@@]1(C)CC[C@@]34C[C@@]35CC[C@H](O)C(C)(C)C5CCC4[C@]1(C)[C@H]2O. The van der Waals surface area contributed by atoms with Gasteiger partial charge in [-0.2, -0.15) is 0 Å². The highest BCUT2D eigenvalue weighted by molar-refractivity contribution is 5.32. The first-order valence-electron chi connectivity index (χ1n) is 15.2. The van der Waals surface area contributed by atoms with Gasteiger partial charge in [-0.25, -0.2) is 0 Å². The average molecular weight is 486 g/mol. The van der Waals surface area contributed by atoms with Crippen LogP contribution in [-0.4, -0.2) is 47.7 Å². The fourth-order valence-electron chi connectivity index (χ4n) is 12.3. The molecule has 0 aromatic rings. The van der Waals surface area contributed by atoms with Gasteiger partial charge in [-0.3, -0.25) is 0 Å². The van der Waals surface area contributed by atoms with Gasteiger partial charge < -0.3 is 20.3 Å². The van der Waals surface area contributed by atoms with Crippen molar-refractivity contribution in [3.63, 3.8) is 0 Å². The van der Waals surface area contributed by atoms with E-state index in [2.05, 4.69) is 39.9 Å². The summed E-state index contributed by atoms with van der Waals surface area (Å²) in [5, 5.41) is 26.8. The van der Waals surface area contributed by atoms with Crippen LogP contribution in [0.2, 0.25) is 0 Å². The summed E-state index contributed by atoms with van der Waals surface area (Å²) in [6, 6.07) is 0. The van der Waals surface area contributed by atoms with Crippen molar-refractivity contribution in [2.45, 2.75) is 123 Å². The maximum Gasteiger partial charge on any atom is 0.0880 e. The van der Waals surface area contributed by atoms with Gasteiger partial charge in [0.1, 0.15) is 0 Å². The van der Waals surface area contributed by atoms with Crippen LogP contribution in [-0.2, 0) is 4.74 Å². The summed E-state index contributed by atoms with van der Waals surface area (Å²) in [6.07, 6.45) is 12.2. The van der Waals surface area contributed by atoms with Crippen LogP contribution in [0.25, 0.3) is 0 Å². The van der Waals surface area contributed by atoms with E-state index in [9.17, 15) is 10.2 Å². The predicted molar refractivity (Wildman–Crippen MR) is 138 cm³/mol. The summed E-state index contributed by atoms with van der Waals surface area (Å²) >= 11 is 0. The molecular weight excluding hydrogens is 434 g/mol. The second-order valence-corrected chi connectivity index (χ2v) is 15.8. The molecule has 0 aromatic carbocycles. The Balaban J connectivity index is 1.18. The Kier molecular flexibility index (Phi) is 4.97. The molecule has 0 bridgehead atoms. The van der Waals surface area contributed by atoms with E-state index >= 15 is 0 Å². The molecule has 0 aromatic heterocycles. The van der Waals surface area contributed by atoms with Gasteiger partial charge in [0.25, 0.3) is 0 Å². The van der Waals surface area contributed by atoms with Gasteiger partial charge in [-0.05, 0) is 122 Å². The van der Waals surface area contributed by atoms with Gasteiger partial charge in [0.15, 0.2) is 0 Å². The molecule has 2 unspecified atom stereocenters. The molecule has 7 fully saturated rings. The van der Waals surface area contributed by atoms with Crippen molar-refractivity contribution in [2.24, 2.45) is 56.7 Å². The zero-order valence-electron chi connectivity index (χ0n) is 23.0. The molecule has 4 heteroatoms. The van der Waals surface area contributed by atoms with Gasteiger partial charge in [0.2, 0.25) is 0 Å². The van der Waals surface area contributed by atoms with E-state index in [0.717, 1.165) is 31.8 Å². The van der Waals surface area contributed by atoms with Crippen molar-refractivity contribution < 1.29 is 14.9 Å². The lowest BCUT2D eigenvalue weighted by molar-refractivity contribution is -0.182. The third kappa shape index (κ3) is 2.79. The predicted octanol–water partition coefficient (Wildman–Crippen LogP) is 5.16. The minimum Gasteiger partial charge on any atom is -0.393 e. The normalized spacial score (nSPS) is 60.1. The van der Waals surface area contributed by atoms with Crippen molar-refractivity contribution >= 4 is 0 Å². The summed E-state index contributed by atoms with van der Waals surface area (Å²) in [5.41, 5.74) is 0.913. The fraction of sp³-hybridized carbons (Fsp3) is 1.00. The van der Waals surface area contributed by atoms with Gasteiger partial charge in [-0.15, -0.1) is 0 Å². The summed E-state index contributed by atoms with van der Waals surface area (Å²) in [4.78, 5) is 0. The highest BCUT2D eigenvalue weighted by Gasteiger charge is 2.84. The maximum absolute atomic E-state index is 12.2. The number of ether oxygens (including phenoxy) is 1. The van der Waals surface area contributed by atoms with Crippen LogP contribution in [0.5, 0.6) is 0 Å². The van der Waals surface area contributed by atoms with Crippen LogP contribution in [0.3, 0.4) is 0 Å². The molecule has 1 aliphatic heterocycles. The Bertz CT molecular complexity index is 886. The Hall–Kier alpha value is -0.160. The number of fused-ring (bicyclic) bond motifs is 4. The second-order valence-electron chi connectivity index (χ2n) is 15.8. The molecule has 6 aliphatic carbocycles. The molecule has 7 rings (SSSR count). The Labute approximate surface area is 213 Å². The van der Waals surface area contributed by atoms with E-state index in [-0.39, 0.29) is 40.7 Å². The van der Waals surface area contributed by atoms with Crippen molar-refractivity contribution in [2.75, 3.05) is 13.1 Å². The monoisotopic (exact) mass is 485 g/mol. The lowest BCUT2D eigenvalue weighted by atomic mass is 9.41. The van der Waals surface area contributed by atoms with E-state index in [1.165, 1.54) is 51.4 Å². The molecule has 35 heavy (non-hydrogen) atoms. The van der Waals surface area contributed by atoms with Crippen molar-refractivity contribution in [3.05, 3.63) is 0 Å². The number of nitrogens with one attached hydrogen (secondary N) is 1. The molecule has 6 saturated carbocycles.